The maximum atomic E-state index is 13.3. The Morgan fingerprint density at radius 2 is 2.24 bits per heavy atom. The number of H-pyrrole nitrogens is 1. The number of nitrogens with one attached hydrogen (secondary N) is 1. The third kappa shape index (κ3) is 3.34. The Balaban J connectivity index is 1.88. The van der Waals surface area contributed by atoms with Crippen LogP contribution in [0.5, 0.6) is 0 Å². The van der Waals surface area contributed by atoms with Gasteiger partial charge in [-0.25, -0.2) is 9.18 Å². The first-order valence-electron chi connectivity index (χ1n) is 7.86. The van der Waals surface area contributed by atoms with Crippen LogP contribution in [0.1, 0.15) is 52.3 Å². The summed E-state index contributed by atoms with van der Waals surface area (Å²) in [5.74, 6) is -1.48. The van der Waals surface area contributed by atoms with Gasteiger partial charge in [-0.2, -0.15) is 10.3 Å². The Hall–Kier alpha value is -2.48. The van der Waals surface area contributed by atoms with Gasteiger partial charge in [-0.05, 0) is 38.0 Å². The van der Waals surface area contributed by atoms with Gasteiger partial charge >= 0.3 is 5.97 Å². The quantitative estimate of drug-likeness (QED) is 0.840. The lowest BCUT2D eigenvalue weighted by Crippen LogP contribution is -2.31. The number of hydrogen-bond donors (Lipinski definition) is 1. The number of aromatic amines is 1. The van der Waals surface area contributed by atoms with Crippen LogP contribution in [0, 0.1) is 5.82 Å². The van der Waals surface area contributed by atoms with Crippen LogP contribution in [0.4, 0.5) is 4.39 Å². The van der Waals surface area contributed by atoms with E-state index in [1.807, 2.05) is 0 Å². The topological polar surface area (TPSA) is 88.2 Å². The second kappa shape index (κ2) is 7.18. The number of benzene rings is 1. The predicted molar refractivity (Wildman–Crippen MR) is 86.8 cm³/mol. The first-order chi connectivity index (χ1) is 12.0. The molecule has 1 atom stereocenters. The molecule has 25 heavy (non-hydrogen) atoms. The Morgan fingerprint density at radius 3 is 2.96 bits per heavy atom. The second-order valence-corrected chi connectivity index (χ2v) is 5.97. The summed E-state index contributed by atoms with van der Waals surface area (Å²) in [5, 5.41) is 10.2. The summed E-state index contributed by atoms with van der Waals surface area (Å²) in [4.78, 5) is 26.4. The van der Waals surface area contributed by atoms with Crippen LogP contribution >= 0.6 is 11.6 Å². The summed E-state index contributed by atoms with van der Waals surface area (Å²) < 4.78 is 18.3. The van der Waals surface area contributed by atoms with E-state index in [1.165, 1.54) is 12.1 Å². The van der Waals surface area contributed by atoms with Crippen LogP contribution in [0.25, 0.3) is 0 Å². The van der Waals surface area contributed by atoms with Gasteiger partial charge in [0.25, 0.3) is 5.91 Å². The maximum absolute atomic E-state index is 13.3. The molecule has 1 amide bonds. The number of carbonyl (C=O) groups is 2. The monoisotopic (exact) mass is 366 g/mol. The summed E-state index contributed by atoms with van der Waals surface area (Å²) in [6.45, 7) is 2.40. The van der Waals surface area contributed by atoms with Crippen molar-refractivity contribution in [1.29, 1.82) is 0 Å². The molecule has 0 radical (unpaired) electrons. The van der Waals surface area contributed by atoms with Crippen LogP contribution in [-0.2, 0) is 4.74 Å². The molecule has 9 heteroatoms. The van der Waals surface area contributed by atoms with Gasteiger partial charge in [-0.3, -0.25) is 4.79 Å². The molecule has 1 saturated heterocycles. The number of ether oxygens (including phenoxy) is 1. The fourth-order valence-electron chi connectivity index (χ4n) is 2.91. The van der Waals surface area contributed by atoms with Gasteiger partial charge in [0.1, 0.15) is 11.5 Å². The van der Waals surface area contributed by atoms with E-state index < -0.39 is 17.8 Å². The highest BCUT2D eigenvalue weighted by Crippen LogP contribution is 2.33. The van der Waals surface area contributed by atoms with E-state index in [4.69, 9.17) is 16.3 Å². The molecule has 1 unspecified atom stereocenters. The summed E-state index contributed by atoms with van der Waals surface area (Å²) in [5.41, 5.74) is 0.723. The van der Waals surface area contributed by atoms with E-state index in [0.717, 1.165) is 12.5 Å². The highest BCUT2D eigenvalue weighted by atomic mass is 35.5. The van der Waals surface area contributed by atoms with Gasteiger partial charge in [0.05, 0.1) is 17.7 Å². The number of carbonyl (C=O) groups excluding carboxylic acids is 2. The van der Waals surface area contributed by atoms with Gasteiger partial charge in [0.15, 0.2) is 5.69 Å². The molecule has 3 rings (SSSR count). The van der Waals surface area contributed by atoms with Crippen molar-refractivity contribution in [1.82, 2.24) is 20.3 Å². The first-order valence-corrected chi connectivity index (χ1v) is 8.24. The molecule has 1 aliphatic heterocycles. The minimum Gasteiger partial charge on any atom is -0.461 e. The predicted octanol–water partition coefficient (Wildman–Crippen LogP) is 2.75. The number of likely N-dealkylation sites (tertiary alicyclic amines) is 1. The smallest absolute Gasteiger partial charge is 0.360 e. The standard InChI is InChI=1S/C16H16ClFN4O3/c1-2-25-16(24)14-13(19-21-20-14)12-4-3-7-22(12)15(23)9-5-6-11(18)10(17)8-9/h5-6,8,12H,2-4,7H2,1H3,(H,19,20,21). The van der Waals surface area contributed by atoms with Crippen molar-refractivity contribution >= 4 is 23.5 Å². The molecular weight excluding hydrogens is 351 g/mol. The summed E-state index contributed by atoms with van der Waals surface area (Å²) >= 11 is 5.77. The molecule has 0 aliphatic carbocycles. The Morgan fingerprint density at radius 1 is 1.44 bits per heavy atom. The van der Waals surface area contributed by atoms with Crippen molar-refractivity contribution in [3.05, 3.63) is 46.0 Å². The van der Waals surface area contributed by atoms with E-state index in [9.17, 15) is 14.0 Å². The molecule has 1 aromatic carbocycles. The SMILES string of the molecule is CCOC(=O)c1n[nH]nc1C1CCCN1C(=O)c1ccc(F)c(Cl)c1. The number of esters is 1. The van der Waals surface area contributed by atoms with Gasteiger partial charge in [-0.1, -0.05) is 11.6 Å². The average Bonchev–Trinajstić information content (AvgIpc) is 3.25. The molecule has 0 spiro atoms. The van der Waals surface area contributed by atoms with Crippen molar-refractivity contribution in [2.24, 2.45) is 0 Å². The minimum absolute atomic E-state index is 0.0729. The van der Waals surface area contributed by atoms with Gasteiger partial charge < -0.3 is 9.64 Å². The van der Waals surface area contributed by atoms with Crippen LogP contribution in [0.15, 0.2) is 18.2 Å². The highest BCUT2D eigenvalue weighted by molar-refractivity contribution is 6.31. The molecular formula is C16H16ClFN4O3. The fraction of sp³-hybridized carbons (Fsp3) is 0.375. The number of aromatic nitrogens is 3. The molecule has 1 fully saturated rings. The van der Waals surface area contributed by atoms with Crippen molar-refractivity contribution in [3.8, 4) is 0 Å². The Kier molecular flexibility index (Phi) is 4.98. The molecule has 0 bridgehead atoms. The number of rotatable bonds is 4. The summed E-state index contributed by atoms with van der Waals surface area (Å²) in [6.07, 6.45) is 1.39. The lowest BCUT2D eigenvalue weighted by Gasteiger charge is -2.23. The maximum Gasteiger partial charge on any atom is 0.360 e. The third-order valence-corrected chi connectivity index (χ3v) is 4.33. The molecule has 132 valence electrons. The lowest BCUT2D eigenvalue weighted by atomic mass is 10.1. The minimum atomic E-state index is -0.588. The van der Waals surface area contributed by atoms with Crippen molar-refractivity contribution in [3.63, 3.8) is 0 Å². The van der Waals surface area contributed by atoms with E-state index in [-0.39, 0.29) is 28.8 Å². The second-order valence-electron chi connectivity index (χ2n) is 5.56. The van der Waals surface area contributed by atoms with Gasteiger partial charge in [0, 0.05) is 12.1 Å². The van der Waals surface area contributed by atoms with Crippen LogP contribution in [0.2, 0.25) is 5.02 Å². The number of halogens is 2. The third-order valence-electron chi connectivity index (χ3n) is 4.04. The van der Waals surface area contributed by atoms with Gasteiger partial charge in [-0.15, -0.1) is 5.10 Å². The van der Waals surface area contributed by atoms with Crippen molar-refractivity contribution in [2.45, 2.75) is 25.8 Å². The van der Waals surface area contributed by atoms with E-state index in [1.54, 1.807) is 11.8 Å². The molecule has 2 aromatic rings. The molecule has 1 N–H and O–H groups in total. The van der Waals surface area contributed by atoms with Crippen LogP contribution in [-0.4, -0.2) is 45.3 Å². The van der Waals surface area contributed by atoms with E-state index in [0.29, 0.717) is 18.7 Å². The zero-order valence-corrected chi connectivity index (χ0v) is 14.2. The summed E-state index contributed by atoms with van der Waals surface area (Å²) in [6, 6.07) is 3.42. The van der Waals surface area contributed by atoms with Crippen LogP contribution in [0.3, 0.4) is 0 Å². The number of hydrogen-bond acceptors (Lipinski definition) is 5. The zero-order valence-electron chi connectivity index (χ0n) is 13.5. The van der Waals surface area contributed by atoms with Gasteiger partial charge in [0.2, 0.25) is 0 Å². The molecule has 2 heterocycles. The number of nitrogens with zero attached hydrogens (tertiary/aromatic N) is 3. The van der Waals surface area contributed by atoms with Crippen molar-refractivity contribution < 1.29 is 18.7 Å². The highest BCUT2D eigenvalue weighted by Gasteiger charge is 2.36. The normalized spacial score (nSPS) is 16.9. The average molecular weight is 367 g/mol. The summed E-state index contributed by atoms with van der Waals surface area (Å²) in [7, 11) is 0. The molecule has 0 saturated carbocycles. The molecule has 7 nitrogen and oxygen atoms in total. The fourth-order valence-corrected chi connectivity index (χ4v) is 3.09. The van der Waals surface area contributed by atoms with Crippen LogP contribution < -0.4 is 0 Å². The molecule has 1 aliphatic rings. The lowest BCUT2D eigenvalue weighted by molar-refractivity contribution is 0.0512. The zero-order chi connectivity index (χ0) is 18.0. The molecule has 1 aromatic heterocycles. The number of amides is 1. The first kappa shape index (κ1) is 17.3. The van der Waals surface area contributed by atoms with E-state index >= 15 is 0 Å². The van der Waals surface area contributed by atoms with Crippen molar-refractivity contribution in [2.75, 3.05) is 13.2 Å². The largest absolute Gasteiger partial charge is 0.461 e. The van der Waals surface area contributed by atoms with E-state index in [2.05, 4.69) is 15.4 Å². The Labute approximate surface area is 148 Å². The Bertz CT molecular complexity index is 810.